The van der Waals surface area contributed by atoms with Gasteiger partial charge >= 0.3 is 0 Å². The first kappa shape index (κ1) is 18.9. The molecule has 0 spiro atoms. The molecule has 6 nitrogen and oxygen atoms in total. The molecular formula is C18H18IN3O3. The fraction of sp³-hybridized carbons (Fsp3) is 0.167. The van der Waals surface area contributed by atoms with Crippen LogP contribution in [0.2, 0.25) is 0 Å². The van der Waals surface area contributed by atoms with E-state index >= 15 is 0 Å². The highest BCUT2D eigenvalue weighted by Crippen LogP contribution is 2.07. The third-order valence-electron chi connectivity index (χ3n) is 3.31. The van der Waals surface area contributed by atoms with Gasteiger partial charge in [0.25, 0.3) is 5.91 Å². The molecule has 0 saturated carbocycles. The molecule has 0 heterocycles. The highest BCUT2D eigenvalue weighted by Gasteiger charge is 2.09. The monoisotopic (exact) mass is 451 g/mol. The van der Waals surface area contributed by atoms with Gasteiger partial charge in [-0.05, 0) is 46.4 Å². The number of rotatable bonds is 6. The molecule has 3 N–H and O–H groups in total. The van der Waals surface area contributed by atoms with E-state index in [-0.39, 0.29) is 18.7 Å². The summed E-state index contributed by atoms with van der Waals surface area (Å²) in [7, 11) is 0. The Morgan fingerprint density at radius 1 is 0.840 bits per heavy atom. The van der Waals surface area contributed by atoms with Crippen LogP contribution in [-0.2, 0) is 16.1 Å². The topological polar surface area (TPSA) is 87.3 Å². The van der Waals surface area contributed by atoms with Crippen molar-refractivity contribution >= 4 is 40.3 Å². The lowest BCUT2D eigenvalue weighted by atomic mass is 10.2. The molecule has 0 saturated heterocycles. The lowest BCUT2D eigenvalue weighted by molar-refractivity contribution is -0.126. The molecule has 7 heteroatoms. The standard InChI is InChI=1S/C18H18IN3O3/c19-15-8-4-7-14(11-15)18(25)22-21-17(24)10-9-16(23)20-12-13-5-2-1-3-6-13/h1-8,11H,9-10,12H2,(H,20,23)(H,21,24)(H,22,25). The fourth-order valence-electron chi connectivity index (χ4n) is 2.00. The average Bonchev–Trinajstić information content (AvgIpc) is 2.63. The van der Waals surface area contributed by atoms with Crippen LogP contribution in [0.3, 0.4) is 0 Å². The number of carbonyl (C=O) groups excluding carboxylic acids is 3. The maximum absolute atomic E-state index is 11.9. The molecule has 0 fully saturated rings. The summed E-state index contributed by atoms with van der Waals surface area (Å²) in [4.78, 5) is 35.3. The van der Waals surface area contributed by atoms with Gasteiger partial charge in [0.1, 0.15) is 0 Å². The predicted octanol–water partition coefficient (Wildman–Crippen LogP) is 2.15. The Balaban J connectivity index is 1.66. The molecule has 0 unspecified atom stereocenters. The van der Waals surface area contributed by atoms with Crippen molar-refractivity contribution in [3.63, 3.8) is 0 Å². The van der Waals surface area contributed by atoms with Gasteiger partial charge in [-0.2, -0.15) is 0 Å². The molecule has 25 heavy (non-hydrogen) atoms. The number of amides is 3. The molecule has 0 aliphatic rings. The number of hydrogen-bond acceptors (Lipinski definition) is 3. The third kappa shape index (κ3) is 6.92. The van der Waals surface area contributed by atoms with Crippen molar-refractivity contribution in [1.82, 2.24) is 16.2 Å². The van der Waals surface area contributed by atoms with Crippen LogP contribution in [0, 0.1) is 3.57 Å². The van der Waals surface area contributed by atoms with Crippen molar-refractivity contribution in [1.29, 1.82) is 0 Å². The summed E-state index contributed by atoms with van der Waals surface area (Å²) in [6.45, 7) is 0.421. The van der Waals surface area contributed by atoms with E-state index in [1.807, 2.05) is 36.4 Å². The van der Waals surface area contributed by atoms with Gasteiger partial charge in [0.05, 0.1) is 0 Å². The van der Waals surface area contributed by atoms with E-state index in [4.69, 9.17) is 0 Å². The van der Waals surface area contributed by atoms with Crippen LogP contribution < -0.4 is 16.2 Å². The van der Waals surface area contributed by atoms with E-state index in [0.717, 1.165) is 9.13 Å². The van der Waals surface area contributed by atoms with E-state index in [1.54, 1.807) is 18.2 Å². The SMILES string of the molecule is O=C(CCC(=O)NNC(=O)c1cccc(I)c1)NCc1ccccc1. The number of hydrogen-bond donors (Lipinski definition) is 3. The lowest BCUT2D eigenvalue weighted by Crippen LogP contribution is -2.42. The zero-order valence-electron chi connectivity index (χ0n) is 13.4. The highest BCUT2D eigenvalue weighted by molar-refractivity contribution is 14.1. The lowest BCUT2D eigenvalue weighted by Gasteiger charge is -2.08. The van der Waals surface area contributed by atoms with Gasteiger partial charge in [0, 0.05) is 28.5 Å². The van der Waals surface area contributed by atoms with Crippen LogP contribution in [-0.4, -0.2) is 17.7 Å². The third-order valence-corrected chi connectivity index (χ3v) is 3.98. The number of halogens is 1. The maximum Gasteiger partial charge on any atom is 0.269 e. The number of benzene rings is 2. The Bertz CT molecular complexity index is 750. The molecule has 3 amide bonds. The Hall–Kier alpha value is -2.42. The van der Waals surface area contributed by atoms with Crippen LogP contribution >= 0.6 is 22.6 Å². The van der Waals surface area contributed by atoms with Crippen molar-refractivity contribution in [3.8, 4) is 0 Å². The van der Waals surface area contributed by atoms with E-state index in [0.29, 0.717) is 12.1 Å². The Morgan fingerprint density at radius 3 is 2.28 bits per heavy atom. The molecule has 0 atom stereocenters. The first-order valence-electron chi connectivity index (χ1n) is 7.70. The van der Waals surface area contributed by atoms with Crippen LogP contribution in [0.5, 0.6) is 0 Å². The average molecular weight is 451 g/mol. The summed E-state index contributed by atoms with van der Waals surface area (Å²) in [5.74, 6) is -1.04. The van der Waals surface area contributed by atoms with Crippen molar-refractivity contribution in [3.05, 3.63) is 69.3 Å². The first-order valence-corrected chi connectivity index (χ1v) is 8.78. The van der Waals surface area contributed by atoms with Crippen LogP contribution in [0.15, 0.2) is 54.6 Å². The molecule has 130 valence electrons. The van der Waals surface area contributed by atoms with Gasteiger partial charge in [0.15, 0.2) is 0 Å². The summed E-state index contributed by atoms with van der Waals surface area (Å²) >= 11 is 2.10. The second-order valence-electron chi connectivity index (χ2n) is 5.27. The Kier molecular flexibility index (Phi) is 7.39. The number of nitrogens with one attached hydrogen (secondary N) is 3. The second-order valence-corrected chi connectivity index (χ2v) is 6.52. The van der Waals surface area contributed by atoms with E-state index in [9.17, 15) is 14.4 Å². The van der Waals surface area contributed by atoms with Gasteiger partial charge in [0.2, 0.25) is 11.8 Å². The molecule has 0 aromatic heterocycles. The van der Waals surface area contributed by atoms with E-state index in [2.05, 4.69) is 38.8 Å². The normalized spacial score (nSPS) is 9.96. The molecule has 0 aliphatic carbocycles. The van der Waals surface area contributed by atoms with Crippen molar-refractivity contribution in [2.75, 3.05) is 0 Å². The van der Waals surface area contributed by atoms with E-state index < -0.39 is 11.8 Å². The van der Waals surface area contributed by atoms with Crippen LogP contribution in [0.4, 0.5) is 0 Å². The van der Waals surface area contributed by atoms with Crippen molar-refractivity contribution in [2.45, 2.75) is 19.4 Å². The fourth-order valence-corrected chi connectivity index (χ4v) is 2.55. The van der Waals surface area contributed by atoms with E-state index in [1.165, 1.54) is 0 Å². The summed E-state index contributed by atoms with van der Waals surface area (Å²) in [6, 6.07) is 16.5. The molecule has 0 aliphatic heterocycles. The Labute approximate surface area is 159 Å². The maximum atomic E-state index is 11.9. The summed E-state index contributed by atoms with van der Waals surface area (Å²) in [6.07, 6.45) is 0.0466. The zero-order chi connectivity index (χ0) is 18.1. The molecule has 2 aromatic carbocycles. The molecule has 2 rings (SSSR count). The van der Waals surface area contributed by atoms with Gasteiger partial charge in [-0.25, -0.2) is 0 Å². The minimum Gasteiger partial charge on any atom is -0.352 e. The summed E-state index contributed by atoms with van der Waals surface area (Å²) in [5.41, 5.74) is 6.09. The molecular weight excluding hydrogens is 433 g/mol. The Morgan fingerprint density at radius 2 is 1.56 bits per heavy atom. The molecule has 0 bridgehead atoms. The minimum absolute atomic E-state index is 0.00672. The van der Waals surface area contributed by atoms with Crippen molar-refractivity contribution < 1.29 is 14.4 Å². The quantitative estimate of drug-likeness (QED) is 0.465. The van der Waals surface area contributed by atoms with Crippen LogP contribution in [0.1, 0.15) is 28.8 Å². The molecule has 0 radical (unpaired) electrons. The minimum atomic E-state index is -0.422. The second kappa shape index (κ2) is 9.77. The first-order chi connectivity index (χ1) is 12.0. The predicted molar refractivity (Wildman–Crippen MR) is 102 cm³/mol. The number of hydrazine groups is 1. The van der Waals surface area contributed by atoms with Gasteiger partial charge in [-0.1, -0.05) is 36.4 Å². The largest absolute Gasteiger partial charge is 0.352 e. The zero-order valence-corrected chi connectivity index (χ0v) is 15.6. The summed E-state index contributed by atoms with van der Waals surface area (Å²) < 4.78 is 0.923. The molecule has 2 aromatic rings. The van der Waals surface area contributed by atoms with Gasteiger partial charge < -0.3 is 5.32 Å². The smallest absolute Gasteiger partial charge is 0.269 e. The van der Waals surface area contributed by atoms with Crippen LogP contribution in [0.25, 0.3) is 0 Å². The van der Waals surface area contributed by atoms with Crippen molar-refractivity contribution in [2.24, 2.45) is 0 Å². The highest BCUT2D eigenvalue weighted by atomic mass is 127. The summed E-state index contributed by atoms with van der Waals surface area (Å²) in [5, 5.41) is 2.74. The van der Waals surface area contributed by atoms with Gasteiger partial charge in [-0.15, -0.1) is 0 Å². The number of carbonyl (C=O) groups is 3. The van der Waals surface area contributed by atoms with Gasteiger partial charge in [-0.3, -0.25) is 25.2 Å².